The van der Waals surface area contributed by atoms with Crippen molar-refractivity contribution in [3.05, 3.63) is 47.3 Å². The molecule has 0 saturated heterocycles. The van der Waals surface area contributed by atoms with Crippen LogP contribution in [-0.2, 0) is 10.0 Å². The van der Waals surface area contributed by atoms with Gasteiger partial charge in [0.15, 0.2) is 0 Å². The van der Waals surface area contributed by atoms with Crippen molar-refractivity contribution in [3.8, 4) is 6.07 Å². The van der Waals surface area contributed by atoms with E-state index in [-0.39, 0.29) is 21.7 Å². The Bertz CT molecular complexity index is 847. The minimum Gasteiger partial charge on any atom is -0.478 e. The maximum absolute atomic E-state index is 12.2. The molecule has 0 spiro atoms. The number of carboxylic acids is 1. The molecule has 1 aromatic carbocycles. The molecule has 2 aromatic rings. The van der Waals surface area contributed by atoms with Gasteiger partial charge in [-0.25, -0.2) is 13.2 Å². The summed E-state index contributed by atoms with van der Waals surface area (Å²) < 4.78 is 26.7. The van der Waals surface area contributed by atoms with Gasteiger partial charge in [-0.05, 0) is 25.1 Å². The molecule has 0 amide bonds. The third kappa shape index (κ3) is 2.88. The van der Waals surface area contributed by atoms with Crippen LogP contribution in [0.5, 0.6) is 0 Å². The number of H-pyrrole nitrogens is 1. The summed E-state index contributed by atoms with van der Waals surface area (Å²) in [5.74, 6) is -1.24. The predicted molar refractivity (Wildman–Crippen MR) is 74.5 cm³/mol. The van der Waals surface area contributed by atoms with Crippen molar-refractivity contribution in [1.29, 1.82) is 5.26 Å². The fourth-order valence-electron chi connectivity index (χ4n) is 1.82. The third-order valence-corrected chi connectivity index (χ3v) is 4.17. The first-order valence-corrected chi connectivity index (χ1v) is 7.27. The first-order chi connectivity index (χ1) is 9.85. The number of nitrogens with zero attached hydrogens (tertiary/aromatic N) is 1. The molecule has 0 atom stereocenters. The molecule has 0 aliphatic carbocycles. The third-order valence-electron chi connectivity index (χ3n) is 2.81. The zero-order valence-electron chi connectivity index (χ0n) is 10.9. The van der Waals surface area contributed by atoms with Crippen LogP contribution in [-0.4, -0.2) is 24.5 Å². The zero-order valence-corrected chi connectivity index (χ0v) is 11.7. The van der Waals surface area contributed by atoms with Gasteiger partial charge >= 0.3 is 5.97 Å². The second-order valence-corrected chi connectivity index (χ2v) is 5.94. The molecule has 1 heterocycles. The van der Waals surface area contributed by atoms with E-state index in [2.05, 4.69) is 9.71 Å². The van der Waals surface area contributed by atoms with Gasteiger partial charge in [0.2, 0.25) is 0 Å². The standard InChI is InChI=1S/C13H11N3O4S/c1-8-12(13(17)18)11(7-15-8)16-21(19,20)10-4-2-3-9(5-10)6-14/h2-5,7,15-16H,1H3,(H,17,18). The number of anilines is 1. The predicted octanol–water partition coefficient (Wildman–Crippen LogP) is 1.69. The van der Waals surface area contributed by atoms with E-state index in [4.69, 9.17) is 10.4 Å². The Morgan fingerprint density at radius 3 is 2.76 bits per heavy atom. The highest BCUT2D eigenvalue weighted by Gasteiger charge is 2.21. The lowest BCUT2D eigenvalue weighted by atomic mass is 10.2. The monoisotopic (exact) mass is 305 g/mol. The highest BCUT2D eigenvalue weighted by atomic mass is 32.2. The number of carbonyl (C=O) groups is 1. The Morgan fingerprint density at radius 2 is 2.14 bits per heavy atom. The molecule has 7 nitrogen and oxygen atoms in total. The second-order valence-electron chi connectivity index (χ2n) is 4.25. The van der Waals surface area contributed by atoms with Crippen LogP contribution in [0, 0.1) is 18.3 Å². The molecular formula is C13H11N3O4S. The molecule has 2 rings (SSSR count). The topological polar surface area (TPSA) is 123 Å². The Morgan fingerprint density at radius 1 is 1.43 bits per heavy atom. The van der Waals surface area contributed by atoms with Crippen LogP contribution >= 0.6 is 0 Å². The largest absolute Gasteiger partial charge is 0.478 e. The number of hydrogen-bond acceptors (Lipinski definition) is 4. The number of nitriles is 1. The molecule has 8 heteroatoms. The number of aromatic amines is 1. The summed E-state index contributed by atoms with van der Waals surface area (Å²) in [5.41, 5.74) is 0.338. The Labute approximate surface area is 120 Å². The fourth-order valence-corrected chi connectivity index (χ4v) is 2.93. The van der Waals surface area contributed by atoms with E-state index in [0.717, 1.165) is 0 Å². The van der Waals surface area contributed by atoms with E-state index in [9.17, 15) is 13.2 Å². The van der Waals surface area contributed by atoms with Crippen molar-refractivity contribution in [2.45, 2.75) is 11.8 Å². The highest BCUT2D eigenvalue weighted by Crippen LogP contribution is 2.23. The van der Waals surface area contributed by atoms with Crippen LogP contribution in [0.1, 0.15) is 21.6 Å². The van der Waals surface area contributed by atoms with Crippen molar-refractivity contribution >= 4 is 21.7 Å². The first kappa shape index (κ1) is 14.6. The van der Waals surface area contributed by atoms with Crippen molar-refractivity contribution in [1.82, 2.24) is 4.98 Å². The number of nitrogens with one attached hydrogen (secondary N) is 2. The zero-order chi connectivity index (χ0) is 15.6. The van der Waals surface area contributed by atoms with Crippen molar-refractivity contribution < 1.29 is 18.3 Å². The highest BCUT2D eigenvalue weighted by molar-refractivity contribution is 7.92. The minimum absolute atomic E-state index is 0.0534. The molecule has 0 unspecified atom stereocenters. The normalized spacial score (nSPS) is 10.9. The van der Waals surface area contributed by atoms with Crippen LogP contribution in [0.4, 0.5) is 5.69 Å². The lowest BCUT2D eigenvalue weighted by Crippen LogP contribution is -2.15. The van der Waals surface area contributed by atoms with Gasteiger partial charge in [-0.2, -0.15) is 5.26 Å². The maximum Gasteiger partial charge on any atom is 0.339 e. The summed E-state index contributed by atoms with van der Waals surface area (Å²) in [5, 5.41) is 17.9. The van der Waals surface area contributed by atoms with Gasteiger partial charge in [0, 0.05) is 11.9 Å². The maximum atomic E-state index is 12.2. The number of benzene rings is 1. The molecule has 0 aliphatic rings. The van der Waals surface area contributed by atoms with Gasteiger partial charge < -0.3 is 10.1 Å². The summed E-state index contributed by atoms with van der Waals surface area (Å²) >= 11 is 0. The van der Waals surface area contributed by atoms with Crippen molar-refractivity contribution in [2.75, 3.05) is 4.72 Å². The smallest absolute Gasteiger partial charge is 0.339 e. The van der Waals surface area contributed by atoms with E-state index < -0.39 is 16.0 Å². The molecule has 0 fully saturated rings. The summed E-state index contributed by atoms with van der Waals surface area (Å²) in [7, 11) is -3.97. The molecular weight excluding hydrogens is 294 g/mol. The number of carboxylic acid groups (broad SMARTS) is 1. The average Bonchev–Trinajstić information content (AvgIpc) is 2.79. The summed E-state index contributed by atoms with van der Waals surface area (Å²) in [6, 6.07) is 7.29. The number of aromatic carboxylic acids is 1. The van der Waals surface area contributed by atoms with E-state index in [1.165, 1.54) is 37.4 Å². The number of aromatic nitrogens is 1. The van der Waals surface area contributed by atoms with E-state index in [0.29, 0.717) is 5.69 Å². The van der Waals surface area contributed by atoms with Gasteiger partial charge in [0.1, 0.15) is 5.56 Å². The van der Waals surface area contributed by atoms with Gasteiger partial charge in [0.25, 0.3) is 10.0 Å². The molecule has 0 saturated carbocycles. The van der Waals surface area contributed by atoms with Gasteiger partial charge in [-0.1, -0.05) is 6.07 Å². The summed E-state index contributed by atoms with van der Waals surface area (Å²) in [4.78, 5) is 13.7. The van der Waals surface area contributed by atoms with Gasteiger partial charge in [0.05, 0.1) is 22.2 Å². The van der Waals surface area contributed by atoms with E-state index in [1.807, 2.05) is 6.07 Å². The lowest BCUT2D eigenvalue weighted by molar-refractivity contribution is 0.0697. The number of hydrogen-bond donors (Lipinski definition) is 3. The molecule has 0 radical (unpaired) electrons. The summed E-state index contributed by atoms with van der Waals surface area (Å²) in [6.07, 6.45) is 1.27. The Kier molecular flexibility index (Phi) is 3.69. The lowest BCUT2D eigenvalue weighted by Gasteiger charge is -2.08. The second kappa shape index (κ2) is 5.30. The molecule has 21 heavy (non-hydrogen) atoms. The first-order valence-electron chi connectivity index (χ1n) is 5.79. The summed E-state index contributed by atoms with van der Waals surface area (Å²) in [6.45, 7) is 1.53. The number of aryl methyl sites for hydroxylation is 1. The molecule has 108 valence electrons. The molecule has 1 aromatic heterocycles. The SMILES string of the molecule is Cc1[nH]cc(NS(=O)(=O)c2cccc(C#N)c2)c1C(=O)O. The minimum atomic E-state index is -3.97. The van der Waals surface area contributed by atoms with Gasteiger partial charge in [-0.3, -0.25) is 4.72 Å². The van der Waals surface area contributed by atoms with Crippen LogP contribution in [0.25, 0.3) is 0 Å². The number of rotatable bonds is 4. The van der Waals surface area contributed by atoms with Crippen LogP contribution < -0.4 is 4.72 Å². The van der Waals surface area contributed by atoms with Crippen molar-refractivity contribution in [3.63, 3.8) is 0 Å². The van der Waals surface area contributed by atoms with E-state index in [1.54, 1.807) is 0 Å². The van der Waals surface area contributed by atoms with Crippen molar-refractivity contribution in [2.24, 2.45) is 0 Å². The fraction of sp³-hybridized carbons (Fsp3) is 0.0769. The Balaban J connectivity index is 2.43. The molecule has 3 N–H and O–H groups in total. The van der Waals surface area contributed by atoms with Gasteiger partial charge in [-0.15, -0.1) is 0 Å². The molecule has 0 bridgehead atoms. The van der Waals surface area contributed by atoms with E-state index >= 15 is 0 Å². The van der Waals surface area contributed by atoms with Crippen LogP contribution in [0.3, 0.4) is 0 Å². The quantitative estimate of drug-likeness (QED) is 0.793. The van der Waals surface area contributed by atoms with Crippen LogP contribution in [0.2, 0.25) is 0 Å². The Hall–Kier alpha value is -2.79. The van der Waals surface area contributed by atoms with Crippen LogP contribution in [0.15, 0.2) is 35.4 Å². The molecule has 0 aliphatic heterocycles. The average molecular weight is 305 g/mol. The number of sulfonamides is 1.